The summed E-state index contributed by atoms with van der Waals surface area (Å²) in [5.74, 6) is -1.55. The van der Waals surface area contributed by atoms with Gasteiger partial charge in [0.1, 0.15) is 10.8 Å². The van der Waals surface area contributed by atoms with E-state index in [0.717, 1.165) is 231 Å². The van der Waals surface area contributed by atoms with E-state index in [4.69, 9.17) is 20.0 Å². The van der Waals surface area contributed by atoms with Crippen molar-refractivity contribution in [3.05, 3.63) is 158 Å². The number of hydrogen-bond donors (Lipinski definition) is 6. The molecule has 4 atom stereocenters. The minimum Gasteiger partial charge on any atom is -0.481 e. The van der Waals surface area contributed by atoms with Crippen LogP contribution in [0, 0.1) is 24.7 Å². The van der Waals surface area contributed by atoms with E-state index >= 15 is 0 Å². The van der Waals surface area contributed by atoms with Crippen LogP contribution in [0.3, 0.4) is 0 Å². The second-order valence-electron chi connectivity index (χ2n) is 28.0. The van der Waals surface area contributed by atoms with E-state index in [0.29, 0.717) is 12.8 Å². The maximum absolute atomic E-state index is 13.4. The van der Waals surface area contributed by atoms with Gasteiger partial charge in [0.15, 0.2) is 0 Å². The number of aliphatic imine (C=N–C) groups is 4. The van der Waals surface area contributed by atoms with Gasteiger partial charge in [-0.15, -0.1) is 0 Å². The minimum absolute atomic E-state index is 0. The van der Waals surface area contributed by atoms with Gasteiger partial charge < -0.3 is 30.8 Å². The Morgan fingerprint density at radius 1 is 0.389 bits per heavy atom. The summed E-state index contributed by atoms with van der Waals surface area (Å²) < 4.78 is 0. The SMILES string of the molecule is CCCCC1=C(C)/C2=C/C3=C(C)C(CCCC)(C(=O)O)C(/C=C4N=C(/C=c5\[nH]/c(c(CCCC)c5C)=C\C1=N2)C(C)=C\4CCCC)N3.CCCCC1=C(C)/C2=C/C3=C(C)C(CCCC)(C(=O)O)C(/C=C4N=C(/C=c5\[nH]/c(c(CCCC)c5C)=C\C1=N2)C(C)=C\4CCCC)N3.[Ni]. The number of rotatable bonds is 26. The number of carboxylic acid groups (broad SMARTS) is 2. The van der Waals surface area contributed by atoms with Crippen LogP contribution in [0.2, 0.25) is 0 Å². The van der Waals surface area contributed by atoms with Crippen LogP contribution >= 0.6 is 0 Å². The van der Waals surface area contributed by atoms with Gasteiger partial charge in [-0.25, -0.2) is 20.0 Å². The molecule has 6 N–H and O–H groups in total. The molecular weight excluding hydrogens is 1220 g/mol. The van der Waals surface area contributed by atoms with Crippen molar-refractivity contribution in [1.82, 2.24) is 20.6 Å². The Kier molecular flexibility index (Phi) is 25.3. The summed E-state index contributed by atoms with van der Waals surface area (Å²) in [5, 5.41) is 33.9. The Labute approximate surface area is 578 Å². The van der Waals surface area contributed by atoms with Crippen molar-refractivity contribution in [2.75, 3.05) is 0 Å². The molecule has 4 unspecified atom stereocenters. The topological polar surface area (TPSA) is 180 Å². The summed E-state index contributed by atoms with van der Waals surface area (Å²) in [5.41, 5.74) is 24.0. The summed E-state index contributed by atoms with van der Waals surface area (Å²) in [7, 11) is 0. The van der Waals surface area contributed by atoms with Crippen LogP contribution in [0.25, 0.3) is 24.3 Å². The van der Waals surface area contributed by atoms with Gasteiger partial charge in [-0.2, -0.15) is 0 Å². The fourth-order valence-corrected chi connectivity index (χ4v) is 15.5. The molecule has 0 aliphatic carbocycles. The largest absolute Gasteiger partial charge is 0.481 e. The van der Waals surface area contributed by atoms with E-state index in [2.05, 4.69) is 166 Å². The van der Waals surface area contributed by atoms with Gasteiger partial charge in [0.25, 0.3) is 0 Å². The molecule has 0 spiro atoms. The van der Waals surface area contributed by atoms with Crippen LogP contribution in [-0.4, -0.2) is 67.1 Å². The van der Waals surface area contributed by atoms with E-state index < -0.39 is 34.9 Å². The second-order valence-corrected chi connectivity index (χ2v) is 28.0. The first-order valence-electron chi connectivity index (χ1n) is 36.5. The van der Waals surface area contributed by atoms with Gasteiger partial charge >= 0.3 is 11.9 Å². The van der Waals surface area contributed by atoms with Crippen molar-refractivity contribution in [3.63, 3.8) is 0 Å². The second kappa shape index (κ2) is 32.5. The Hall–Kier alpha value is -6.85. The van der Waals surface area contributed by atoms with Crippen molar-refractivity contribution in [2.45, 2.75) is 277 Å². The van der Waals surface area contributed by atoms with Crippen LogP contribution < -0.4 is 32.0 Å². The predicted octanol–water partition coefficient (Wildman–Crippen LogP) is 16.9. The first kappa shape index (κ1) is 74.0. The molecule has 0 aromatic carbocycles. The molecule has 95 heavy (non-hydrogen) atoms. The molecule has 0 saturated carbocycles. The Bertz CT molecular complexity index is 3810. The number of aromatic amines is 2. The molecule has 2 aromatic rings. The zero-order valence-corrected chi connectivity index (χ0v) is 61.5. The van der Waals surface area contributed by atoms with E-state index in [1.54, 1.807) is 0 Å². The van der Waals surface area contributed by atoms with Gasteiger partial charge in [-0.3, -0.25) is 9.59 Å². The zero-order valence-electron chi connectivity index (χ0n) is 60.6. The average Bonchev–Trinajstić information content (AvgIpc) is 1.60. The van der Waals surface area contributed by atoms with Gasteiger partial charge in [-0.1, -0.05) is 120 Å². The molecule has 0 saturated heterocycles. The van der Waals surface area contributed by atoms with Gasteiger partial charge in [0.2, 0.25) is 0 Å². The molecule has 8 aliphatic rings. The number of allylic oxidation sites excluding steroid dienone is 10. The number of carboxylic acids is 2. The third kappa shape index (κ3) is 14.7. The molecule has 10 heterocycles. The Morgan fingerprint density at radius 2 is 0.695 bits per heavy atom. The zero-order chi connectivity index (χ0) is 67.8. The summed E-state index contributed by atoms with van der Waals surface area (Å²) in [6.07, 6.45) is 41.2. The number of H-pyrrole nitrogens is 2. The number of nitrogens with zero attached hydrogens (tertiary/aromatic N) is 4. The molecular formula is C82H112N8NiO4. The number of fused-ring (bicyclic) bond motifs is 12. The molecule has 13 heteroatoms. The van der Waals surface area contributed by atoms with Gasteiger partial charge in [0.05, 0.1) is 57.7 Å². The first-order valence-corrected chi connectivity index (χ1v) is 36.5. The van der Waals surface area contributed by atoms with Crippen LogP contribution in [0.1, 0.15) is 260 Å². The molecule has 514 valence electrons. The average molecular weight is 1330 g/mol. The third-order valence-electron chi connectivity index (χ3n) is 21.9. The van der Waals surface area contributed by atoms with E-state index in [1.807, 2.05) is 13.8 Å². The fraction of sp³-hybridized carbons (Fsp3) is 0.537. The normalized spacial score (nSPS) is 25.6. The number of aliphatic carboxylic acids is 2. The van der Waals surface area contributed by atoms with Crippen molar-refractivity contribution in [1.29, 1.82) is 0 Å². The maximum atomic E-state index is 13.4. The first-order chi connectivity index (χ1) is 45.2. The summed E-state index contributed by atoms with van der Waals surface area (Å²) >= 11 is 0. The Morgan fingerprint density at radius 3 is 1.02 bits per heavy atom. The number of aromatic nitrogens is 2. The molecule has 2 aromatic heterocycles. The summed E-state index contributed by atoms with van der Waals surface area (Å²) in [6.45, 7) is 34.9. The van der Waals surface area contributed by atoms with E-state index in [9.17, 15) is 19.8 Å². The van der Waals surface area contributed by atoms with Gasteiger partial charge in [-0.05, 0) is 272 Å². The molecule has 0 fully saturated rings. The smallest absolute Gasteiger partial charge is 0.316 e. The van der Waals surface area contributed by atoms with Crippen LogP contribution in [-0.2, 0) is 38.9 Å². The maximum Gasteiger partial charge on any atom is 0.316 e. The molecule has 8 aliphatic heterocycles. The minimum atomic E-state index is -1.06. The standard InChI is InChI=1S/2C41H56N4O2.Ni/c2*1-9-13-17-29-25(5)32-21-33-27(7)31(19-15-11-3)38(44-33)24-39-41(40(46)47,20-16-12-4)28(8)35(45-39)22-34-26(6)30(18-14-10-2)37(43-34)23-36(29)42-32;/h2*21-24,39,42,45H,9-20H2,1-8H3,(H,46,47);/b2*32-21-,34-22-,36-23-,38-24-;. The summed E-state index contributed by atoms with van der Waals surface area (Å²) in [6, 6.07) is -0.845. The van der Waals surface area contributed by atoms with Crippen LogP contribution in [0.4, 0.5) is 0 Å². The number of hydrogen-bond acceptors (Lipinski definition) is 8. The monoisotopic (exact) mass is 1330 g/mol. The van der Waals surface area contributed by atoms with Crippen molar-refractivity contribution in [3.8, 4) is 0 Å². The molecule has 0 amide bonds. The number of nitrogens with one attached hydrogen (secondary N) is 4. The number of unbranched alkanes of at least 4 members (excludes halogenated alkanes) is 8. The van der Waals surface area contributed by atoms with Crippen LogP contribution in [0.15, 0.2) is 134 Å². The fourth-order valence-electron chi connectivity index (χ4n) is 15.5. The van der Waals surface area contributed by atoms with Gasteiger partial charge in [0, 0.05) is 49.3 Å². The van der Waals surface area contributed by atoms with E-state index in [-0.39, 0.29) is 16.5 Å². The van der Waals surface area contributed by atoms with E-state index in [1.165, 1.54) is 66.8 Å². The summed E-state index contributed by atoms with van der Waals surface area (Å²) in [4.78, 5) is 55.5. The molecule has 12 nitrogen and oxygen atoms in total. The quantitative estimate of drug-likeness (QED) is 0.0510. The predicted molar refractivity (Wildman–Crippen MR) is 394 cm³/mol. The van der Waals surface area contributed by atoms with Crippen LogP contribution in [0.5, 0.6) is 0 Å². The van der Waals surface area contributed by atoms with Crippen molar-refractivity contribution < 1.29 is 36.3 Å². The number of carbonyl (C=O) groups is 2. The molecule has 10 rings (SSSR count). The Balaban J connectivity index is 0.000000241. The van der Waals surface area contributed by atoms with Crippen molar-refractivity contribution in [2.24, 2.45) is 30.8 Å². The van der Waals surface area contributed by atoms with Crippen molar-refractivity contribution >= 4 is 59.1 Å². The third-order valence-corrected chi connectivity index (χ3v) is 21.9. The molecule has 16 bridgehead atoms. The molecule has 0 radical (unpaired) electrons.